The maximum absolute atomic E-state index is 11.7. The maximum Gasteiger partial charge on any atom is 0.229 e. The van der Waals surface area contributed by atoms with Gasteiger partial charge < -0.3 is 20.3 Å². The summed E-state index contributed by atoms with van der Waals surface area (Å²) < 4.78 is 31.8. The summed E-state index contributed by atoms with van der Waals surface area (Å²) in [6.45, 7) is 5.22. The SMILES string of the molecule is CCN1CCc2ccc(Nc3ncc(Cl)c(Nc4ccccc4NS(C)(=O)=O)n3)c(OC)c2CC1. The highest BCUT2D eigenvalue weighted by Gasteiger charge is 2.20. The highest BCUT2D eigenvalue weighted by molar-refractivity contribution is 7.92. The van der Waals surface area contributed by atoms with Gasteiger partial charge in [0, 0.05) is 18.7 Å². The Labute approximate surface area is 210 Å². The molecular formula is C24H29ClN6O3S. The van der Waals surface area contributed by atoms with E-state index >= 15 is 0 Å². The first-order valence-corrected chi connectivity index (χ1v) is 13.6. The van der Waals surface area contributed by atoms with Gasteiger partial charge in [-0.3, -0.25) is 4.72 Å². The smallest absolute Gasteiger partial charge is 0.229 e. The Morgan fingerprint density at radius 3 is 2.51 bits per heavy atom. The summed E-state index contributed by atoms with van der Waals surface area (Å²) >= 11 is 6.35. The molecule has 3 N–H and O–H groups in total. The Morgan fingerprint density at radius 2 is 1.80 bits per heavy atom. The lowest BCUT2D eigenvalue weighted by Crippen LogP contribution is -2.25. The second-order valence-electron chi connectivity index (χ2n) is 8.28. The minimum absolute atomic E-state index is 0.290. The van der Waals surface area contributed by atoms with E-state index in [1.165, 1.54) is 17.3 Å². The lowest BCUT2D eigenvalue weighted by Gasteiger charge is -2.18. The quantitative estimate of drug-likeness (QED) is 0.404. The number of sulfonamides is 1. The van der Waals surface area contributed by atoms with E-state index in [9.17, 15) is 8.42 Å². The molecule has 0 unspecified atom stereocenters. The van der Waals surface area contributed by atoms with E-state index in [-0.39, 0.29) is 0 Å². The summed E-state index contributed by atoms with van der Waals surface area (Å²) in [5, 5.41) is 6.65. The summed E-state index contributed by atoms with van der Waals surface area (Å²) in [6.07, 6.45) is 4.46. The van der Waals surface area contributed by atoms with E-state index in [1.807, 2.05) is 6.07 Å². The molecule has 2 aromatic carbocycles. The number of nitrogens with zero attached hydrogens (tertiary/aromatic N) is 3. The predicted molar refractivity (Wildman–Crippen MR) is 141 cm³/mol. The number of fused-ring (bicyclic) bond motifs is 1. The van der Waals surface area contributed by atoms with Crippen molar-refractivity contribution < 1.29 is 13.2 Å². The van der Waals surface area contributed by atoms with Crippen molar-refractivity contribution in [1.82, 2.24) is 14.9 Å². The number of nitrogens with one attached hydrogen (secondary N) is 3. The molecule has 9 nitrogen and oxygen atoms in total. The molecule has 0 radical (unpaired) electrons. The van der Waals surface area contributed by atoms with Gasteiger partial charge in [0.1, 0.15) is 10.8 Å². The molecule has 0 bridgehead atoms. The molecule has 0 saturated heterocycles. The van der Waals surface area contributed by atoms with Crippen LogP contribution in [0, 0.1) is 0 Å². The van der Waals surface area contributed by atoms with Gasteiger partial charge in [0.05, 0.1) is 36.6 Å². The molecule has 35 heavy (non-hydrogen) atoms. The number of aromatic nitrogens is 2. The molecule has 0 saturated carbocycles. The van der Waals surface area contributed by atoms with Crippen molar-refractivity contribution in [3.8, 4) is 5.75 Å². The van der Waals surface area contributed by atoms with Gasteiger partial charge in [-0.25, -0.2) is 13.4 Å². The van der Waals surface area contributed by atoms with Gasteiger partial charge in [-0.05, 0) is 43.1 Å². The molecule has 1 aliphatic heterocycles. The fourth-order valence-corrected chi connectivity index (χ4v) is 4.84. The van der Waals surface area contributed by atoms with Gasteiger partial charge in [-0.1, -0.05) is 36.7 Å². The van der Waals surface area contributed by atoms with Gasteiger partial charge in [-0.2, -0.15) is 4.98 Å². The average molecular weight is 517 g/mol. The number of ether oxygens (including phenoxy) is 1. The Morgan fingerprint density at radius 1 is 1.06 bits per heavy atom. The summed E-state index contributed by atoms with van der Waals surface area (Å²) in [4.78, 5) is 11.3. The van der Waals surface area contributed by atoms with Crippen molar-refractivity contribution in [3.63, 3.8) is 0 Å². The second kappa shape index (κ2) is 10.7. The van der Waals surface area contributed by atoms with Crippen LogP contribution in [0.4, 0.5) is 28.8 Å². The van der Waals surface area contributed by atoms with Gasteiger partial charge in [0.15, 0.2) is 5.82 Å². The van der Waals surface area contributed by atoms with Crippen LogP contribution in [0.3, 0.4) is 0 Å². The van der Waals surface area contributed by atoms with E-state index < -0.39 is 10.0 Å². The van der Waals surface area contributed by atoms with Crippen molar-refractivity contribution in [1.29, 1.82) is 0 Å². The molecular weight excluding hydrogens is 488 g/mol. The summed E-state index contributed by atoms with van der Waals surface area (Å²) in [5.41, 5.74) is 4.14. The number of rotatable bonds is 8. The van der Waals surface area contributed by atoms with Crippen LogP contribution in [0.15, 0.2) is 42.6 Å². The summed E-state index contributed by atoms with van der Waals surface area (Å²) in [7, 11) is -1.79. The van der Waals surface area contributed by atoms with Crippen molar-refractivity contribution in [3.05, 3.63) is 58.7 Å². The Hall–Kier alpha value is -3.08. The minimum atomic E-state index is -3.46. The predicted octanol–water partition coefficient (Wildman–Crippen LogP) is 4.42. The van der Waals surface area contributed by atoms with Crippen LogP contribution in [-0.4, -0.2) is 56.3 Å². The number of benzene rings is 2. The van der Waals surface area contributed by atoms with Gasteiger partial charge in [-0.15, -0.1) is 0 Å². The van der Waals surface area contributed by atoms with E-state index in [1.54, 1.807) is 31.4 Å². The first kappa shape index (κ1) is 25.0. The Bertz CT molecular complexity index is 1320. The largest absolute Gasteiger partial charge is 0.494 e. The molecule has 0 fully saturated rings. The van der Waals surface area contributed by atoms with Crippen LogP contribution in [0.2, 0.25) is 5.02 Å². The third kappa shape index (κ3) is 6.14. The number of hydrogen-bond acceptors (Lipinski definition) is 8. The van der Waals surface area contributed by atoms with Crippen molar-refractivity contribution in [2.45, 2.75) is 19.8 Å². The number of methoxy groups -OCH3 is 1. The molecule has 0 spiro atoms. The minimum Gasteiger partial charge on any atom is -0.494 e. The van der Waals surface area contributed by atoms with Crippen LogP contribution >= 0.6 is 11.6 Å². The van der Waals surface area contributed by atoms with E-state index in [4.69, 9.17) is 16.3 Å². The van der Waals surface area contributed by atoms with Gasteiger partial charge in [0.2, 0.25) is 16.0 Å². The van der Waals surface area contributed by atoms with E-state index in [2.05, 4.69) is 43.2 Å². The van der Waals surface area contributed by atoms with Crippen LogP contribution in [-0.2, 0) is 22.9 Å². The third-order valence-corrected chi connectivity index (χ3v) is 6.72. The third-order valence-electron chi connectivity index (χ3n) is 5.85. The van der Waals surface area contributed by atoms with Crippen LogP contribution in [0.5, 0.6) is 5.75 Å². The van der Waals surface area contributed by atoms with E-state index in [0.29, 0.717) is 28.2 Å². The topological polar surface area (TPSA) is 108 Å². The zero-order valence-electron chi connectivity index (χ0n) is 19.9. The number of hydrogen-bond donors (Lipinski definition) is 3. The lowest BCUT2D eigenvalue weighted by atomic mass is 10.0. The molecule has 11 heteroatoms. The second-order valence-corrected chi connectivity index (χ2v) is 10.4. The first-order valence-electron chi connectivity index (χ1n) is 11.3. The maximum atomic E-state index is 11.7. The zero-order chi connectivity index (χ0) is 25.0. The summed E-state index contributed by atoms with van der Waals surface area (Å²) in [5.74, 6) is 1.45. The van der Waals surface area contributed by atoms with Crippen LogP contribution < -0.4 is 20.1 Å². The standard InChI is InChI=1S/C24H29ClN6O3S/c1-4-31-13-11-16-9-10-21(22(34-2)17(16)12-14-31)28-24-26-15-18(25)23(29-24)27-19-7-5-6-8-20(19)30-35(3,32)33/h5-10,15,30H,4,11-14H2,1-3H3,(H2,26,27,28,29). The fraction of sp³-hybridized carbons (Fsp3) is 0.333. The average Bonchev–Trinajstić information content (AvgIpc) is 3.04. The molecule has 2 heterocycles. The molecule has 0 aliphatic carbocycles. The number of halogens is 1. The summed E-state index contributed by atoms with van der Waals surface area (Å²) in [6, 6.07) is 11.0. The lowest BCUT2D eigenvalue weighted by molar-refractivity contribution is 0.302. The number of anilines is 5. The molecule has 3 aromatic rings. The van der Waals surface area contributed by atoms with Crippen molar-refractivity contribution in [2.24, 2.45) is 0 Å². The Kier molecular flexibility index (Phi) is 7.63. The van der Waals surface area contributed by atoms with E-state index in [0.717, 1.165) is 50.2 Å². The molecule has 0 atom stereocenters. The molecule has 0 amide bonds. The number of para-hydroxylation sites is 2. The van der Waals surface area contributed by atoms with Gasteiger partial charge in [0.25, 0.3) is 0 Å². The number of likely N-dealkylation sites (N-methyl/N-ethyl adjacent to an activating group) is 1. The van der Waals surface area contributed by atoms with Gasteiger partial charge >= 0.3 is 0 Å². The molecule has 186 valence electrons. The normalized spacial score (nSPS) is 14.1. The molecule has 1 aliphatic rings. The molecule has 1 aromatic heterocycles. The van der Waals surface area contributed by atoms with Crippen LogP contribution in [0.1, 0.15) is 18.1 Å². The van der Waals surface area contributed by atoms with Crippen molar-refractivity contribution >= 4 is 50.5 Å². The van der Waals surface area contributed by atoms with Crippen molar-refractivity contribution in [2.75, 3.05) is 48.4 Å². The highest BCUT2D eigenvalue weighted by atomic mass is 35.5. The monoisotopic (exact) mass is 516 g/mol. The Balaban J connectivity index is 1.61. The fourth-order valence-electron chi connectivity index (χ4n) is 4.13. The first-order chi connectivity index (χ1) is 16.8. The zero-order valence-corrected chi connectivity index (χ0v) is 21.5. The van der Waals surface area contributed by atoms with Crippen LogP contribution in [0.25, 0.3) is 0 Å². The molecule has 4 rings (SSSR count). The highest BCUT2D eigenvalue weighted by Crippen LogP contribution is 2.36.